The second-order valence-corrected chi connectivity index (χ2v) is 2.97. The molecule has 14 heavy (non-hydrogen) atoms. The van der Waals surface area contributed by atoms with Gasteiger partial charge < -0.3 is 4.98 Å². The molecule has 1 atom stereocenters. The molecule has 1 unspecified atom stereocenters. The average molecular weight is 183 g/mol. The summed E-state index contributed by atoms with van der Waals surface area (Å²) in [5.41, 5.74) is 1.74. The van der Waals surface area contributed by atoms with Crippen LogP contribution in [0.3, 0.4) is 0 Å². The van der Waals surface area contributed by atoms with E-state index in [0.29, 0.717) is 0 Å². The highest BCUT2D eigenvalue weighted by atomic mass is 14.9. The lowest BCUT2D eigenvalue weighted by atomic mass is 9.98. The van der Waals surface area contributed by atoms with Crippen molar-refractivity contribution in [3.8, 4) is 6.07 Å². The van der Waals surface area contributed by atoms with Gasteiger partial charge in [0.15, 0.2) is 0 Å². The third-order valence-electron chi connectivity index (χ3n) is 2.08. The molecule has 68 valence electrons. The van der Waals surface area contributed by atoms with E-state index in [1.807, 2.05) is 30.3 Å². The van der Waals surface area contributed by atoms with Gasteiger partial charge in [0.1, 0.15) is 5.92 Å². The minimum absolute atomic E-state index is 0.276. The zero-order chi connectivity index (χ0) is 9.80. The molecule has 0 bridgehead atoms. The number of nitrogens with zero attached hydrogens (tertiary/aromatic N) is 2. The van der Waals surface area contributed by atoms with Crippen molar-refractivity contribution in [1.82, 2.24) is 9.97 Å². The minimum atomic E-state index is -0.276. The van der Waals surface area contributed by atoms with Gasteiger partial charge >= 0.3 is 0 Å². The van der Waals surface area contributed by atoms with Crippen LogP contribution < -0.4 is 0 Å². The van der Waals surface area contributed by atoms with Crippen molar-refractivity contribution in [3.05, 3.63) is 54.1 Å². The quantitative estimate of drug-likeness (QED) is 0.774. The SMILES string of the molecule is N#CC(c1ccccc1)c1c[nH]cn1. The van der Waals surface area contributed by atoms with Crippen LogP contribution in [0.4, 0.5) is 0 Å². The highest BCUT2D eigenvalue weighted by Crippen LogP contribution is 2.20. The maximum Gasteiger partial charge on any atom is 0.115 e. The van der Waals surface area contributed by atoms with E-state index in [1.54, 1.807) is 12.5 Å². The summed E-state index contributed by atoms with van der Waals surface area (Å²) in [5, 5.41) is 9.05. The molecule has 1 aromatic carbocycles. The van der Waals surface area contributed by atoms with Crippen molar-refractivity contribution in [3.63, 3.8) is 0 Å². The zero-order valence-electron chi connectivity index (χ0n) is 7.51. The first-order valence-electron chi connectivity index (χ1n) is 4.35. The first-order valence-corrected chi connectivity index (χ1v) is 4.35. The lowest BCUT2D eigenvalue weighted by Gasteiger charge is -2.04. The van der Waals surface area contributed by atoms with Crippen LogP contribution in [0.1, 0.15) is 17.2 Å². The number of rotatable bonds is 2. The molecule has 0 radical (unpaired) electrons. The van der Waals surface area contributed by atoms with Gasteiger partial charge in [0.25, 0.3) is 0 Å². The molecule has 0 saturated carbocycles. The predicted octanol–water partition coefficient (Wildman–Crippen LogP) is 2.07. The Morgan fingerprint density at radius 2 is 2.07 bits per heavy atom. The Morgan fingerprint density at radius 3 is 2.64 bits per heavy atom. The van der Waals surface area contributed by atoms with Crippen LogP contribution in [-0.4, -0.2) is 9.97 Å². The van der Waals surface area contributed by atoms with Crippen LogP contribution in [0, 0.1) is 11.3 Å². The first kappa shape index (κ1) is 8.52. The standard InChI is InChI=1S/C11H9N3/c12-6-10(11-7-13-8-14-11)9-4-2-1-3-5-9/h1-5,7-8,10H,(H,13,14). The molecule has 0 spiro atoms. The molecule has 0 fully saturated rings. The molecule has 1 heterocycles. The van der Waals surface area contributed by atoms with Crippen LogP contribution in [0.15, 0.2) is 42.9 Å². The monoisotopic (exact) mass is 183 g/mol. The van der Waals surface area contributed by atoms with E-state index in [-0.39, 0.29) is 5.92 Å². The van der Waals surface area contributed by atoms with Gasteiger partial charge in [-0.15, -0.1) is 0 Å². The summed E-state index contributed by atoms with van der Waals surface area (Å²) < 4.78 is 0. The largest absolute Gasteiger partial charge is 0.351 e. The number of nitriles is 1. The second-order valence-electron chi connectivity index (χ2n) is 2.97. The van der Waals surface area contributed by atoms with Crippen molar-refractivity contribution >= 4 is 0 Å². The fourth-order valence-corrected chi connectivity index (χ4v) is 1.39. The van der Waals surface area contributed by atoms with E-state index in [0.717, 1.165) is 11.3 Å². The van der Waals surface area contributed by atoms with E-state index in [4.69, 9.17) is 5.26 Å². The number of nitrogens with one attached hydrogen (secondary N) is 1. The Balaban J connectivity index is 2.38. The van der Waals surface area contributed by atoms with Crippen LogP contribution in [0.25, 0.3) is 0 Å². The maximum absolute atomic E-state index is 9.05. The molecule has 0 aliphatic carbocycles. The summed E-state index contributed by atoms with van der Waals surface area (Å²) >= 11 is 0. The summed E-state index contributed by atoms with van der Waals surface area (Å²) in [6.07, 6.45) is 3.34. The van der Waals surface area contributed by atoms with Crippen LogP contribution >= 0.6 is 0 Å². The van der Waals surface area contributed by atoms with Crippen molar-refractivity contribution in [1.29, 1.82) is 5.26 Å². The number of aromatic nitrogens is 2. The first-order chi connectivity index (χ1) is 6.92. The number of hydrogen-bond acceptors (Lipinski definition) is 2. The van der Waals surface area contributed by atoms with Crippen molar-refractivity contribution in [2.45, 2.75) is 5.92 Å². The summed E-state index contributed by atoms with van der Waals surface area (Å²) in [6, 6.07) is 11.9. The maximum atomic E-state index is 9.05. The lowest BCUT2D eigenvalue weighted by Crippen LogP contribution is -1.97. The molecule has 0 aliphatic rings. The van der Waals surface area contributed by atoms with Crippen LogP contribution in [-0.2, 0) is 0 Å². The van der Waals surface area contributed by atoms with E-state index in [9.17, 15) is 0 Å². The van der Waals surface area contributed by atoms with Gasteiger partial charge in [-0.1, -0.05) is 30.3 Å². The normalized spacial score (nSPS) is 11.9. The van der Waals surface area contributed by atoms with E-state index < -0.39 is 0 Å². The molecular weight excluding hydrogens is 174 g/mol. The molecule has 0 amide bonds. The van der Waals surface area contributed by atoms with Crippen LogP contribution in [0.5, 0.6) is 0 Å². The van der Waals surface area contributed by atoms with Gasteiger partial charge in [0.05, 0.1) is 18.1 Å². The van der Waals surface area contributed by atoms with Gasteiger partial charge in [-0.05, 0) is 5.56 Å². The molecule has 1 aromatic heterocycles. The summed E-state index contributed by atoms with van der Waals surface area (Å²) in [7, 11) is 0. The highest BCUT2D eigenvalue weighted by molar-refractivity contribution is 5.33. The molecule has 2 rings (SSSR count). The van der Waals surface area contributed by atoms with E-state index in [2.05, 4.69) is 16.0 Å². The smallest absolute Gasteiger partial charge is 0.115 e. The number of benzene rings is 1. The Morgan fingerprint density at radius 1 is 1.29 bits per heavy atom. The topological polar surface area (TPSA) is 52.5 Å². The Labute approximate surface area is 82.0 Å². The fourth-order valence-electron chi connectivity index (χ4n) is 1.39. The molecule has 1 N–H and O–H groups in total. The van der Waals surface area contributed by atoms with Gasteiger partial charge in [-0.2, -0.15) is 5.26 Å². The van der Waals surface area contributed by atoms with Crippen molar-refractivity contribution < 1.29 is 0 Å². The van der Waals surface area contributed by atoms with Gasteiger partial charge in [-0.25, -0.2) is 4.98 Å². The number of imidazole rings is 1. The van der Waals surface area contributed by atoms with Crippen LogP contribution in [0.2, 0.25) is 0 Å². The lowest BCUT2D eigenvalue weighted by molar-refractivity contribution is 0.984. The van der Waals surface area contributed by atoms with E-state index in [1.165, 1.54) is 0 Å². The molecule has 0 aliphatic heterocycles. The Hall–Kier alpha value is -2.08. The fraction of sp³-hybridized carbons (Fsp3) is 0.0909. The third kappa shape index (κ3) is 1.50. The predicted molar refractivity (Wildman–Crippen MR) is 52.5 cm³/mol. The zero-order valence-corrected chi connectivity index (χ0v) is 7.51. The molecular formula is C11H9N3. The van der Waals surface area contributed by atoms with Crippen molar-refractivity contribution in [2.75, 3.05) is 0 Å². The summed E-state index contributed by atoms with van der Waals surface area (Å²) in [5.74, 6) is -0.276. The van der Waals surface area contributed by atoms with Crippen molar-refractivity contribution in [2.24, 2.45) is 0 Å². The Bertz CT molecular complexity index is 425. The average Bonchev–Trinajstić information content (AvgIpc) is 2.74. The summed E-state index contributed by atoms with van der Waals surface area (Å²) in [4.78, 5) is 6.94. The number of H-pyrrole nitrogens is 1. The molecule has 3 nitrogen and oxygen atoms in total. The third-order valence-corrected chi connectivity index (χ3v) is 2.08. The molecule has 2 aromatic rings. The number of hydrogen-bond donors (Lipinski definition) is 1. The van der Waals surface area contributed by atoms with E-state index >= 15 is 0 Å². The summed E-state index contributed by atoms with van der Waals surface area (Å²) in [6.45, 7) is 0. The Kier molecular flexibility index (Phi) is 2.28. The highest BCUT2D eigenvalue weighted by Gasteiger charge is 2.13. The second kappa shape index (κ2) is 3.75. The molecule has 0 saturated heterocycles. The van der Waals surface area contributed by atoms with Gasteiger partial charge in [-0.3, -0.25) is 0 Å². The van der Waals surface area contributed by atoms with Gasteiger partial charge in [0.2, 0.25) is 0 Å². The minimum Gasteiger partial charge on any atom is -0.351 e. The number of aromatic amines is 1. The van der Waals surface area contributed by atoms with Gasteiger partial charge in [0, 0.05) is 6.20 Å². The molecule has 3 heteroatoms.